The van der Waals surface area contributed by atoms with E-state index in [-0.39, 0.29) is 6.04 Å². The predicted octanol–water partition coefficient (Wildman–Crippen LogP) is 0.494. The standard InChI is InChI=1S/C10H15N5S/c1-15-7-9(13-14-15)5-8(12-11)6-10-3-2-4-16-10/h2-4,7-8,12H,5-6,11H2,1H3. The van der Waals surface area contributed by atoms with Crippen LogP contribution in [0.4, 0.5) is 0 Å². The maximum Gasteiger partial charge on any atom is 0.0843 e. The fourth-order valence-electron chi connectivity index (χ4n) is 1.60. The largest absolute Gasteiger partial charge is 0.271 e. The molecule has 86 valence electrons. The van der Waals surface area contributed by atoms with Crippen molar-refractivity contribution in [1.29, 1.82) is 0 Å². The minimum Gasteiger partial charge on any atom is -0.271 e. The Labute approximate surface area is 98.2 Å². The summed E-state index contributed by atoms with van der Waals surface area (Å²) in [5.74, 6) is 5.54. The van der Waals surface area contributed by atoms with Crippen molar-refractivity contribution in [2.24, 2.45) is 12.9 Å². The molecule has 16 heavy (non-hydrogen) atoms. The average molecular weight is 237 g/mol. The van der Waals surface area contributed by atoms with E-state index >= 15 is 0 Å². The highest BCUT2D eigenvalue weighted by Crippen LogP contribution is 2.12. The lowest BCUT2D eigenvalue weighted by Crippen LogP contribution is -2.38. The zero-order valence-electron chi connectivity index (χ0n) is 9.13. The number of nitrogens with zero attached hydrogens (tertiary/aromatic N) is 3. The summed E-state index contributed by atoms with van der Waals surface area (Å²) in [7, 11) is 1.86. The van der Waals surface area contributed by atoms with Crippen LogP contribution in [0.1, 0.15) is 10.6 Å². The molecule has 1 unspecified atom stereocenters. The highest BCUT2D eigenvalue weighted by atomic mass is 32.1. The molecule has 0 aromatic carbocycles. The number of nitrogens with two attached hydrogens (primary N) is 1. The molecule has 0 aliphatic rings. The van der Waals surface area contributed by atoms with Crippen molar-refractivity contribution in [2.45, 2.75) is 18.9 Å². The molecule has 5 nitrogen and oxygen atoms in total. The van der Waals surface area contributed by atoms with Crippen LogP contribution in [0.15, 0.2) is 23.7 Å². The van der Waals surface area contributed by atoms with Crippen LogP contribution in [0.3, 0.4) is 0 Å². The second-order valence-corrected chi connectivity index (χ2v) is 4.77. The normalized spacial score (nSPS) is 12.9. The number of rotatable bonds is 5. The van der Waals surface area contributed by atoms with E-state index in [1.807, 2.05) is 13.2 Å². The van der Waals surface area contributed by atoms with Crippen molar-refractivity contribution in [3.05, 3.63) is 34.3 Å². The summed E-state index contributed by atoms with van der Waals surface area (Å²) in [6.07, 6.45) is 3.63. The van der Waals surface area contributed by atoms with Crippen LogP contribution in [0.2, 0.25) is 0 Å². The van der Waals surface area contributed by atoms with Crippen LogP contribution in [0.5, 0.6) is 0 Å². The van der Waals surface area contributed by atoms with E-state index in [0.29, 0.717) is 0 Å². The first-order valence-electron chi connectivity index (χ1n) is 5.11. The monoisotopic (exact) mass is 237 g/mol. The Morgan fingerprint density at radius 3 is 3.00 bits per heavy atom. The fraction of sp³-hybridized carbons (Fsp3) is 0.400. The maximum absolute atomic E-state index is 5.54. The summed E-state index contributed by atoms with van der Waals surface area (Å²) >= 11 is 1.75. The van der Waals surface area contributed by atoms with Crippen molar-refractivity contribution in [1.82, 2.24) is 20.4 Å². The van der Waals surface area contributed by atoms with Gasteiger partial charge < -0.3 is 0 Å². The zero-order chi connectivity index (χ0) is 11.4. The molecule has 0 amide bonds. The average Bonchev–Trinajstić information content (AvgIpc) is 2.89. The first kappa shape index (κ1) is 11.3. The number of aromatic nitrogens is 3. The van der Waals surface area contributed by atoms with Crippen LogP contribution in [-0.2, 0) is 19.9 Å². The van der Waals surface area contributed by atoms with Gasteiger partial charge in [-0.3, -0.25) is 16.0 Å². The van der Waals surface area contributed by atoms with E-state index in [4.69, 9.17) is 5.84 Å². The summed E-state index contributed by atoms with van der Waals surface area (Å²) in [6, 6.07) is 4.37. The lowest BCUT2D eigenvalue weighted by Gasteiger charge is -2.12. The molecule has 3 N–H and O–H groups in total. The molecule has 1 atom stereocenters. The molecule has 0 saturated heterocycles. The summed E-state index contributed by atoms with van der Waals surface area (Å²) in [4.78, 5) is 1.33. The molecule has 6 heteroatoms. The molecule has 0 aliphatic carbocycles. The summed E-state index contributed by atoms with van der Waals surface area (Å²) in [5.41, 5.74) is 3.79. The zero-order valence-corrected chi connectivity index (χ0v) is 9.94. The fourth-order valence-corrected chi connectivity index (χ4v) is 2.39. The van der Waals surface area contributed by atoms with Gasteiger partial charge in [0.2, 0.25) is 0 Å². The van der Waals surface area contributed by atoms with Gasteiger partial charge in [0, 0.05) is 30.6 Å². The molecular formula is C10H15N5S. The van der Waals surface area contributed by atoms with Crippen LogP contribution in [0, 0.1) is 0 Å². The first-order chi connectivity index (χ1) is 7.78. The van der Waals surface area contributed by atoms with E-state index < -0.39 is 0 Å². The van der Waals surface area contributed by atoms with E-state index in [2.05, 4.69) is 33.3 Å². The Morgan fingerprint density at radius 2 is 2.44 bits per heavy atom. The van der Waals surface area contributed by atoms with Gasteiger partial charge in [0.15, 0.2) is 0 Å². The topological polar surface area (TPSA) is 68.8 Å². The number of hydrogen-bond acceptors (Lipinski definition) is 5. The molecular weight excluding hydrogens is 222 g/mol. The third-order valence-electron chi connectivity index (χ3n) is 2.37. The number of hydrazine groups is 1. The van der Waals surface area contributed by atoms with Crippen molar-refractivity contribution in [3.63, 3.8) is 0 Å². The maximum atomic E-state index is 5.54. The smallest absolute Gasteiger partial charge is 0.0843 e. The van der Waals surface area contributed by atoms with E-state index in [9.17, 15) is 0 Å². The van der Waals surface area contributed by atoms with Gasteiger partial charge in [0.25, 0.3) is 0 Å². The molecule has 0 bridgehead atoms. The van der Waals surface area contributed by atoms with Crippen molar-refractivity contribution in [2.75, 3.05) is 0 Å². The van der Waals surface area contributed by atoms with Gasteiger partial charge in [-0.2, -0.15) is 0 Å². The van der Waals surface area contributed by atoms with Gasteiger partial charge in [0.1, 0.15) is 0 Å². The minimum atomic E-state index is 0.204. The second-order valence-electron chi connectivity index (χ2n) is 3.73. The Bertz CT molecular complexity index is 422. The van der Waals surface area contributed by atoms with Gasteiger partial charge in [-0.05, 0) is 17.9 Å². The highest BCUT2D eigenvalue weighted by Gasteiger charge is 2.11. The molecule has 2 rings (SSSR count). The number of thiophene rings is 1. The third-order valence-corrected chi connectivity index (χ3v) is 3.27. The van der Waals surface area contributed by atoms with Crippen molar-refractivity contribution >= 4 is 11.3 Å². The molecule has 0 fully saturated rings. The molecule has 0 aliphatic heterocycles. The van der Waals surface area contributed by atoms with E-state index in [1.54, 1.807) is 16.0 Å². The Morgan fingerprint density at radius 1 is 1.56 bits per heavy atom. The van der Waals surface area contributed by atoms with Crippen LogP contribution in [-0.4, -0.2) is 21.0 Å². The predicted molar refractivity (Wildman–Crippen MR) is 63.8 cm³/mol. The quantitative estimate of drug-likeness (QED) is 0.587. The Hall–Kier alpha value is -1.24. The highest BCUT2D eigenvalue weighted by molar-refractivity contribution is 7.09. The summed E-state index contributed by atoms with van der Waals surface area (Å²) in [5, 5.41) is 10.0. The Balaban J connectivity index is 1.95. The van der Waals surface area contributed by atoms with Gasteiger partial charge in [-0.15, -0.1) is 16.4 Å². The minimum absolute atomic E-state index is 0.204. The van der Waals surface area contributed by atoms with Crippen molar-refractivity contribution < 1.29 is 0 Å². The SMILES string of the molecule is Cn1cc(CC(Cc2cccs2)NN)nn1. The van der Waals surface area contributed by atoms with Crippen LogP contribution < -0.4 is 11.3 Å². The second kappa shape index (κ2) is 5.20. The van der Waals surface area contributed by atoms with Crippen LogP contribution in [0.25, 0.3) is 0 Å². The van der Waals surface area contributed by atoms with Crippen LogP contribution >= 0.6 is 11.3 Å². The molecule has 0 radical (unpaired) electrons. The van der Waals surface area contributed by atoms with Gasteiger partial charge in [-0.1, -0.05) is 11.3 Å². The third kappa shape index (κ3) is 2.88. The molecule has 2 aromatic rings. The molecule has 0 spiro atoms. The van der Waals surface area contributed by atoms with E-state index in [0.717, 1.165) is 18.5 Å². The molecule has 2 heterocycles. The summed E-state index contributed by atoms with van der Waals surface area (Å²) in [6.45, 7) is 0. The first-order valence-corrected chi connectivity index (χ1v) is 5.99. The Kier molecular flexibility index (Phi) is 3.66. The van der Waals surface area contributed by atoms with Crippen molar-refractivity contribution in [3.8, 4) is 0 Å². The molecule has 2 aromatic heterocycles. The molecule has 0 saturated carbocycles. The van der Waals surface area contributed by atoms with Gasteiger partial charge in [-0.25, -0.2) is 0 Å². The van der Waals surface area contributed by atoms with Gasteiger partial charge in [0.05, 0.1) is 5.69 Å². The lowest BCUT2D eigenvalue weighted by molar-refractivity contribution is 0.520. The van der Waals surface area contributed by atoms with Gasteiger partial charge >= 0.3 is 0 Å². The lowest BCUT2D eigenvalue weighted by atomic mass is 10.1. The summed E-state index contributed by atoms with van der Waals surface area (Å²) < 4.78 is 1.70. The number of aryl methyl sites for hydroxylation is 1. The number of nitrogens with one attached hydrogen (secondary N) is 1. The number of hydrogen-bond donors (Lipinski definition) is 2. The van der Waals surface area contributed by atoms with E-state index in [1.165, 1.54) is 4.88 Å².